The van der Waals surface area contributed by atoms with Crippen molar-refractivity contribution in [2.75, 3.05) is 13.1 Å². The van der Waals surface area contributed by atoms with E-state index in [1.807, 2.05) is 36.1 Å². The van der Waals surface area contributed by atoms with E-state index in [4.69, 9.17) is 10.00 Å². The Labute approximate surface area is 149 Å². The molecule has 0 aromatic heterocycles. The van der Waals surface area contributed by atoms with Crippen LogP contribution in [0.4, 0.5) is 4.79 Å². The lowest BCUT2D eigenvalue weighted by Crippen LogP contribution is -2.38. The topological polar surface area (TPSA) is 65.4 Å². The van der Waals surface area contributed by atoms with E-state index in [0.717, 1.165) is 31.5 Å². The molecule has 0 bridgehead atoms. The second-order valence-electron chi connectivity index (χ2n) is 6.82. The predicted octanol–water partition coefficient (Wildman–Crippen LogP) is 3.48. The number of carbonyl (C=O) groups excluding carboxylic acids is 1. The van der Waals surface area contributed by atoms with E-state index in [9.17, 15) is 4.79 Å². The van der Waals surface area contributed by atoms with E-state index < -0.39 is 6.10 Å². The molecule has 3 rings (SSSR count). The van der Waals surface area contributed by atoms with Crippen molar-refractivity contribution in [1.82, 2.24) is 10.2 Å². The van der Waals surface area contributed by atoms with Gasteiger partial charge in [-0.15, -0.1) is 0 Å². The highest BCUT2D eigenvalue weighted by molar-refractivity contribution is 5.74. The number of nitrogens with zero attached hydrogens (tertiary/aromatic N) is 2. The van der Waals surface area contributed by atoms with Crippen molar-refractivity contribution in [2.24, 2.45) is 11.8 Å². The van der Waals surface area contributed by atoms with Crippen LogP contribution >= 0.6 is 0 Å². The fourth-order valence-corrected chi connectivity index (χ4v) is 3.56. The number of nitriles is 1. The van der Waals surface area contributed by atoms with Crippen molar-refractivity contribution < 1.29 is 9.53 Å². The van der Waals surface area contributed by atoms with Gasteiger partial charge in [-0.1, -0.05) is 31.2 Å². The first kappa shape index (κ1) is 17.3. The van der Waals surface area contributed by atoms with Gasteiger partial charge in [-0.3, -0.25) is 0 Å². The Morgan fingerprint density at radius 1 is 1.36 bits per heavy atom. The zero-order valence-corrected chi connectivity index (χ0v) is 14.6. The van der Waals surface area contributed by atoms with E-state index in [0.29, 0.717) is 30.6 Å². The summed E-state index contributed by atoms with van der Waals surface area (Å²) in [5.74, 6) is 1.90. The van der Waals surface area contributed by atoms with E-state index >= 15 is 0 Å². The van der Waals surface area contributed by atoms with Crippen molar-refractivity contribution in [3.63, 3.8) is 0 Å². The second kappa shape index (κ2) is 8.06. The molecule has 1 aromatic rings. The zero-order valence-electron chi connectivity index (χ0n) is 14.6. The molecule has 132 valence electrons. The quantitative estimate of drug-likeness (QED) is 0.835. The van der Waals surface area contributed by atoms with E-state index in [2.05, 4.69) is 23.5 Å². The summed E-state index contributed by atoms with van der Waals surface area (Å²) in [6.07, 6.45) is 6.85. The molecule has 1 aliphatic heterocycles. The first-order chi connectivity index (χ1) is 12.2. The Balaban J connectivity index is 1.52. The number of carbonyl (C=O) groups is 1. The van der Waals surface area contributed by atoms with Gasteiger partial charge in [0.2, 0.25) is 0 Å². The maximum Gasteiger partial charge on any atom is 0.317 e. The van der Waals surface area contributed by atoms with Crippen LogP contribution in [0.15, 0.2) is 36.4 Å². The fourth-order valence-electron chi connectivity index (χ4n) is 3.56. The second-order valence-corrected chi connectivity index (χ2v) is 6.82. The number of hydrogen-bond donors (Lipinski definition) is 1. The normalized spacial score (nSPS) is 22.8. The molecule has 2 amide bonds. The minimum Gasteiger partial charge on any atom is -0.476 e. The molecule has 0 spiro atoms. The summed E-state index contributed by atoms with van der Waals surface area (Å²) in [6.45, 7) is 4.08. The summed E-state index contributed by atoms with van der Waals surface area (Å²) < 4.78 is 5.63. The van der Waals surface area contributed by atoms with Gasteiger partial charge in [0, 0.05) is 19.6 Å². The van der Waals surface area contributed by atoms with Gasteiger partial charge in [0.15, 0.2) is 6.10 Å². The van der Waals surface area contributed by atoms with Crippen LogP contribution in [-0.4, -0.2) is 30.1 Å². The number of allylic oxidation sites excluding steroid dienone is 2. The first-order valence-corrected chi connectivity index (χ1v) is 9.02. The lowest BCUT2D eigenvalue weighted by atomic mass is 9.86. The van der Waals surface area contributed by atoms with E-state index in [-0.39, 0.29) is 6.03 Å². The fraction of sp³-hybridized carbons (Fsp3) is 0.500. The first-order valence-electron chi connectivity index (χ1n) is 9.02. The van der Waals surface area contributed by atoms with Gasteiger partial charge in [0.1, 0.15) is 11.8 Å². The monoisotopic (exact) mass is 339 g/mol. The average molecular weight is 339 g/mol. The summed E-state index contributed by atoms with van der Waals surface area (Å²) in [5, 5.41) is 12.0. The maximum absolute atomic E-state index is 12.4. The van der Waals surface area contributed by atoms with Crippen LogP contribution < -0.4 is 10.1 Å². The smallest absolute Gasteiger partial charge is 0.317 e. The number of benzene rings is 1. The third-order valence-corrected chi connectivity index (χ3v) is 5.04. The van der Waals surface area contributed by atoms with Crippen LogP contribution in [0.3, 0.4) is 0 Å². The molecule has 1 N–H and O–H groups in total. The van der Waals surface area contributed by atoms with E-state index in [1.165, 1.54) is 0 Å². The molecule has 2 aliphatic rings. The van der Waals surface area contributed by atoms with Gasteiger partial charge < -0.3 is 15.0 Å². The van der Waals surface area contributed by atoms with Crippen LogP contribution in [0.2, 0.25) is 0 Å². The third kappa shape index (κ3) is 4.33. The molecule has 5 heteroatoms. The molecule has 0 unspecified atom stereocenters. The Morgan fingerprint density at radius 3 is 2.72 bits per heavy atom. The molecule has 1 fully saturated rings. The molecular weight excluding hydrogens is 314 g/mol. The summed E-state index contributed by atoms with van der Waals surface area (Å²) in [4.78, 5) is 14.4. The molecule has 1 saturated heterocycles. The third-order valence-electron chi connectivity index (χ3n) is 5.04. The van der Waals surface area contributed by atoms with E-state index in [1.54, 1.807) is 0 Å². The van der Waals surface area contributed by atoms with Gasteiger partial charge in [-0.05, 0) is 48.8 Å². The molecule has 0 saturated carbocycles. The molecule has 25 heavy (non-hydrogen) atoms. The molecule has 3 atom stereocenters. The minimum absolute atomic E-state index is 0.00387. The molecular formula is C20H25N3O2. The molecule has 5 nitrogen and oxygen atoms in total. The minimum atomic E-state index is -0.439. The number of likely N-dealkylation sites (tertiary alicyclic amines) is 1. The number of rotatable bonds is 5. The summed E-state index contributed by atoms with van der Waals surface area (Å²) in [5.41, 5.74) is 0.969. The van der Waals surface area contributed by atoms with Crippen molar-refractivity contribution in [3.8, 4) is 11.8 Å². The van der Waals surface area contributed by atoms with Gasteiger partial charge in [0.05, 0.1) is 0 Å². The van der Waals surface area contributed by atoms with Crippen molar-refractivity contribution in [3.05, 3.63) is 42.0 Å². The molecule has 1 aromatic carbocycles. The Hall–Kier alpha value is -2.48. The number of amides is 2. The van der Waals surface area contributed by atoms with Gasteiger partial charge in [-0.2, -0.15) is 5.26 Å². The lowest BCUT2D eigenvalue weighted by Gasteiger charge is -2.17. The number of ether oxygens (including phenoxy) is 1. The number of fused-ring (bicyclic) bond motifs is 1. The number of urea groups is 1. The lowest BCUT2D eigenvalue weighted by molar-refractivity contribution is 0.206. The van der Waals surface area contributed by atoms with Gasteiger partial charge in [-0.25, -0.2) is 4.79 Å². The summed E-state index contributed by atoms with van der Waals surface area (Å²) in [7, 11) is 0. The van der Waals surface area contributed by atoms with Crippen LogP contribution in [0.1, 0.15) is 31.7 Å². The Bertz CT molecular complexity index is 664. The average Bonchev–Trinajstić information content (AvgIpc) is 3.09. The maximum atomic E-state index is 12.4. The largest absolute Gasteiger partial charge is 0.476 e. The molecule has 1 heterocycles. The van der Waals surface area contributed by atoms with Gasteiger partial charge >= 0.3 is 6.03 Å². The zero-order chi connectivity index (χ0) is 17.6. The van der Waals surface area contributed by atoms with Crippen LogP contribution in [0, 0.1) is 23.2 Å². The Kier molecular flexibility index (Phi) is 5.60. The van der Waals surface area contributed by atoms with Crippen LogP contribution in [0.25, 0.3) is 0 Å². The predicted molar refractivity (Wildman–Crippen MR) is 95.9 cm³/mol. The SMILES string of the molecule is CC[C@H](C#N)Oc1cccc(CNC(=O)N2C[C@H]3CC=CC[C@@H]3C2)c1. The molecule has 0 radical (unpaired) electrons. The number of hydrogen-bond acceptors (Lipinski definition) is 3. The van der Waals surface area contributed by atoms with Crippen LogP contribution in [0.5, 0.6) is 5.75 Å². The highest BCUT2D eigenvalue weighted by atomic mass is 16.5. The highest BCUT2D eigenvalue weighted by Gasteiger charge is 2.34. The molecule has 1 aliphatic carbocycles. The Morgan fingerprint density at radius 2 is 2.08 bits per heavy atom. The van der Waals surface area contributed by atoms with Crippen molar-refractivity contribution >= 4 is 6.03 Å². The standard InChI is InChI=1S/C20H25N3O2/c1-2-18(11-21)25-19-9-5-6-15(10-19)12-22-20(24)23-13-16-7-3-4-8-17(16)14-23/h3-6,9-10,16-18H,2,7-8,12-14H2,1H3,(H,22,24)/t16-,17-,18-/m1/s1. The van der Waals surface area contributed by atoms with Crippen molar-refractivity contribution in [1.29, 1.82) is 5.26 Å². The van der Waals surface area contributed by atoms with Crippen LogP contribution in [-0.2, 0) is 6.54 Å². The highest BCUT2D eigenvalue weighted by Crippen LogP contribution is 2.32. The number of nitrogens with one attached hydrogen (secondary N) is 1. The van der Waals surface area contributed by atoms with Gasteiger partial charge in [0.25, 0.3) is 0 Å². The van der Waals surface area contributed by atoms with Crippen molar-refractivity contribution in [2.45, 2.75) is 38.8 Å². The summed E-state index contributed by atoms with van der Waals surface area (Å²) in [6, 6.07) is 9.69. The summed E-state index contributed by atoms with van der Waals surface area (Å²) >= 11 is 0.